The van der Waals surface area contributed by atoms with Crippen LogP contribution in [0, 0.1) is 6.92 Å². The number of imide groups is 1. The van der Waals surface area contributed by atoms with Crippen LogP contribution in [-0.2, 0) is 9.59 Å². The van der Waals surface area contributed by atoms with Crippen molar-refractivity contribution in [3.63, 3.8) is 0 Å². The van der Waals surface area contributed by atoms with Crippen molar-refractivity contribution in [3.8, 4) is 0 Å². The number of benzene rings is 2. The molecule has 0 bridgehead atoms. The van der Waals surface area contributed by atoms with Crippen LogP contribution < -0.4 is 15.8 Å². The van der Waals surface area contributed by atoms with Crippen LogP contribution in [0.15, 0.2) is 53.0 Å². The number of hydrogen-bond acceptors (Lipinski definition) is 4. The molecule has 128 valence electrons. The number of rotatable bonds is 4. The number of nitrogens with zero attached hydrogens (tertiary/aromatic N) is 1. The van der Waals surface area contributed by atoms with Gasteiger partial charge in [0.05, 0.1) is 12.1 Å². The van der Waals surface area contributed by atoms with Crippen molar-refractivity contribution in [2.24, 2.45) is 0 Å². The molecule has 2 aromatic rings. The molecule has 2 aromatic carbocycles. The molecule has 0 spiro atoms. The van der Waals surface area contributed by atoms with Gasteiger partial charge >= 0.3 is 0 Å². The van der Waals surface area contributed by atoms with Gasteiger partial charge < -0.3 is 0 Å². The van der Waals surface area contributed by atoms with Gasteiger partial charge in [0, 0.05) is 10.0 Å². The van der Waals surface area contributed by atoms with Crippen LogP contribution in [0.5, 0.6) is 0 Å². The number of hydrogen-bond donors (Lipinski definition) is 2. The molecular formula is C18H16BrN3O3. The first-order chi connectivity index (χ1) is 12.0. The summed E-state index contributed by atoms with van der Waals surface area (Å²) in [6, 6.07) is 13.2. The predicted octanol–water partition coefficient (Wildman–Crippen LogP) is 2.32. The van der Waals surface area contributed by atoms with Gasteiger partial charge in [0.1, 0.15) is 6.04 Å². The fourth-order valence-electron chi connectivity index (χ4n) is 2.54. The third-order valence-electron chi connectivity index (χ3n) is 3.91. The SMILES string of the molecule is Cc1ccc(C(=O)NN[C@@H]2CC(=O)N(c3ccc(Br)cc3)C2=O)cc1. The Balaban J connectivity index is 1.65. The highest BCUT2D eigenvalue weighted by Crippen LogP contribution is 2.24. The quantitative estimate of drug-likeness (QED) is 0.608. The third kappa shape index (κ3) is 3.78. The van der Waals surface area contributed by atoms with Gasteiger partial charge in [0.15, 0.2) is 0 Å². The monoisotopic (exact) mass is 401 g/mol. The predicted molar refractivity (Wildman–Crippen MR) is 96.8 cm³/mol. The second kappa shape index (κ2) is 7.16. The second-order valence-corrected chi connectivity index (χ2v) is 6.68. The first-order valence-electron chi connectivity index (χ1n) is 7.70. The zero-order valence-electron chi connectivity index (χ0n) is 13.5. The molecule has 3 rings (SSSR count). The number of hydrazine groups is 1. The number of amides is 3. The van der Waals surface area contributed by atoms with E-state index in [4.69, 9.17) is 0 Å². The molecule has 7 heteroatoms. The number of nitrogens with one attached hydrogen (secondary N) is 2. The Labute approximate surface area is 153 Å². The maximum Gasteiger partial charge on any atom is 0.265 e. The lowest BCUT2D eigenvalue weighted by Gasteiger charge is -2.16. The van der Waals surface area contributed by atoms with E-state index in [1.807, 2.05) is 19.1 Å². The first-order valence-corrected chi connectivity index (χ1v) is 8.50. The van der Waals surface area contributed by atoms with Crippen molar-refractivity contribution in [2.75, 3.05) is 4.90 Å². The van der Waals surface area contributed by atoms with Crippen molar-refractivity contribution in [3.05, 3.63) is 64.1 Å². The highest BCUT2D eigenvalue weighted by Gasteiger charge is 2.39. The minimum atomic E-state index is -0.787. The Morgan fingerprint density at radius 2 is 1.72 bits per heavy atom. The Kier molecular flexibility index (Phi) is 4.96. The zero-order valence-corrected chi connectivity index (χ0v) is 15.0. The summed E-state index contributed by atoms with van der Waals surface area (Å²) in [5.41, 5.74) is 7.19. The van der Waals surface area contributed by atoms with E-state index in [1.54, 1.807) is 36.4 Å². The maximum atomic E-state index is 12.5. The minimum Gasteiger partial charge on any atom is -0.287 e. The average molecular weight is 402 g/mol. The Morgan fingerprint density at radius 1 is 1.08 bits per heavy atom. The van der Waals surface area contributed by atoms with Gasteiger partial charge in [-0.25, -0.2) is 10.3 Å². The molecule has 1 aliphatic heterocycles. The smallest absolute Gasteiger partial charge is 0.265 e. The van der Waals surface area contributed by atoms with Crippen LogP contribution in [-0.4, -0.2) is 23.8 Å². The van der Waals surface area contributed by atoms with Gasteiger partial charge in [0.25, 0.3) is 11.8 Å². The molecule has 0 radical (unpaired) electrons. The van der Waals surface area contributed by atoms with Gasteiger partial charge in [-0.05, 0) is 43.3 Å². The summed E-state index contributed by atoms with van der Waals surface area (Å²) in [7, 11) is 0. The summed E-state index contributed by atoms with van der Waals surface area (Å²) in [5, 5.41) is 0. The Morgan fingerprint density at radius 3 is 2.36 bits per heavy atom. The van der Waals surface area contributed by atoms with E-state index in [9.17, 15) is 14.4 Å². The maximum absolute atomic E-state index is 12.5. The lowest BCUT2D eigenvalue weighted by Crippen LogP contribution is -2.48. The van der Waals surface area contributed by atoms with Crippen molar-refractivity contribution in [1.29, 1.82) is 0 Å². The molecule has 0 unspecified atom stereocenters. The Hall–Kier alpha value is -2.51. The van der Waals surface area contributed by atoms with Crippen molar-refractivity contribution < 1.29 is 14.4 Å². The van der Waals surface area contributed by atoms with Gasteiger partial charge in [-0.15, -0.1) is 0 Å². The van der Waals surface area contributed by atoms with E-state index in [2.05, 4.69) is 26.8 Å². The minimum absolute atomic E-state index is 0.0108. The zero-order chi connectivity index (χ0) is 18.0. The summed E-state index contributed by atoms with van der Waals surface area (Å²) in [5.74, 6) is -1.06. The van der Waals surface area contributed by atoms with E-state index >= 15 is 0 Å². The largest absolute Gasteiger partial charge is 0.287 e. The molecule has 1 aliphatic rings. The molecule has 1 atom stereocenters. The molecule has 0 aliphatic carbocycles. The lowest BCUT2D eigenvalue weighted by atomic mass is 10.1. The number of halogens is 1. The van der Waals surface area contributed by atoms with E-state index in [0.29, 0.717) is 11.3 Å². The molecule has 25 heavy (non-hydrogen) atoms. The first kappa shape index (κ1) is 17.3. The summed E-state index contributed by atoms with van der Waals surface area (Å²) < 4.78 is 0.857. The van der Waals surface area contributed by atoms with Gasteiger partial charge in [-0.3, -0.25) is 19.8 Å². The summed E-state index contributed by atoms with van der Waals surface area (Å²) >= 11 is 3.32. The topological polar surface area (TPSA) is 78.5 Å². The van der Waals surface area contributed by atoms with Crippen LogP contribution in [0.1, 0.15) is 22.3 Å². The van der Waals surface area contributed by atoms with E-state index in [1.165, 1.54) is 0 Å². The highest BCUT2D eigenvalue weighted by atomic mass is 79.9. The van der Waals surface area contributed by atoms with Crippen molar-refractivity contribution in [1.82, 2.24) is 10.9 Å². The van der Waals surface area contributed by atoms with Crippen LogP contribution in [0.3, 0.4) is 0 Å². The summed E-state index contributed by atoms with van der Waals surface area (Å²) in [6.45, 7) is 1.93. The number of carbonyl (C=O) groups is 3. The molecule has 2 N–H and O–H groups in total. The molecule has 0 saturated carbocycles. The molecule has 1 saturated heterocycles. The number of aryl methyl sites for hydroxylation is 1. The van der Waals surface area contributed by atoms with Crippen LogP contribution in [0.25, 0.3) is 0 Å². The van der Waals surface area contributed by atoms with E-state index < -0.39 is 11.9 Å². The molecule has 6 nitrogen and oxygen atoms in total. The average Bonchev–Trinajstić information content (AvgIpc) is 2.88. The molecule has 3 amide bonds. The summed E-state index contributed by atoms with van der Waals surface area (Å²) in [4.78, 5) is 37.9. The molecule has 1 heterocycles. The van der Waals surface area contributed by atoms with Crippen molar-refractivity contribution >= 4 is 39.3 Å². The Bertz CT molecular complexity index is 818. The van der Waals surface area contributed by atoms with Crippen molar-refractivity contribution in [2.45, 2.75) is 19.4 Å². The second-order valence-electron chi connectivity index (χ2n) is 5.77. The van der Waals surface area contributed by atoms with Crippen LogP contribution in [0.2, 0.25) is 0 Å². The highest BCUT2D eigenvalue weighted by molar-refractivity contribution is 9.10. The fourth-order valence-corrected chi connectivity index (χ4v) is 2.80. The van der Waals surface area contributed by atoms with E-state index in [-0.39, 0.29) is 18.2 Å². The normalized spacial score (nSPS) is 17.0. The van der Waals surface area contributed by atoms with Gasteiger partial charge in [-0.2, -0.15) is 0 Å². The van der Waals surface area contributed by atoms with Crippen LogP contribution >= 0.6 is 15.9 Å². The van der Waals surface area contributed by atoms with Crippen LogP contribution in [0.4, 0.5) is 5.69 Å². The number of carbonyl (C=O) groups excluding carboxylic acids is 3. The molecule has 0 aromatic heterocycles. The molecular weight excluding hydrogens is 386 g/mol. The molecule has 1 fully saturated rings. The summed E-state index contributed by atoms with van der Waals surface area (Å²) in [6.07, 6.45) is -0.0108. The fraction of sp³-hybridized carbons (Fsp3) is 0.167. The number of anilines is 1. The van der Waals surface area contributed by atoms with Gasteiger partial charge in [0.2, 0.25) is 5.91 Å². The standard InChI is InChI=1S/C18H16BrN3O3/c1-11-2-4-12(5-3-11)17(24)21-20-15-10-16(23)22(18(15)25)14-8-6-13(19)7-9-14/h2-9,15,20H,10H2,1H3,(H,21,24)/t15-/m1/s1. The third-order valence-corrected chi connectivity index (χ3v) is 4.43. The lowest BCUT2D eigenvalue weighted by molar-refractivity contribution is -0.121. The van der Waals surface area contributed by atoms with E-state index in [0.717, 1.165) is 14.9 Å². The van der Waals surface area contributed by atoms with Gasteiger partial charge in [-0.1, -0.05) is 33.6 Å².